The molecule has 0 aliphatic carbocycles. The van der Waals surface area contributed by atoms with Gasteiger partial charge in [-0.3, -0.25) is 19.0 Å². The maximum atomic E-state index is 13.8. The van der Waals surface area contributed by atoms with Gasteiger partial charge in [-0.05, 0) is 48.9 Å². The number of methoxy groups -OCH3 is 1. The van der Waals surface area contributed by atoms with Gasteiger partial charge >= 0.3 is 0 Å². The molecule has 2 N–H and O–H groups in total. The molecular formula is C22H20FN3O4. The van der Waals surface area contributed by atoms with Gasteiger partial charge in [0, 0.05) is 18.8 Å². The van der Waals surface area contributed by atoms with Crippen LogP contribution in [0.15, 0.2) is 59.5 Å². The van der Waals surface area contributed by atoms with E-state index in [0.29, 0.717) is 17.0 Å². The normalized spacial score (nSPS) is 10.4. The highest BCUT2D eigenvalue weighted by Crippen LogP contribution is 2.22. The van der Waals surface area contributed by atoms with Crippen LogP contribution in [0.1, 0.15) is 22.8 Å². The fourth-order valence-corrected chi connectivity index (χ4v) is 3.00. The van der Waals surface area contributed by atoms with Crippen molar-refractivity contribution in [3.8, 4) is 11.4 Å². The van der Waals surface area contributed by atoms with E-state index >= 15 is 0 Å². The van der Waals surface area contributed by atoms with Gasteiger partial charge in [-0.15, -0.1) is 0 Å². The Kier molecular flexibility index (Phi) is 5.96. The Morgan fingerprint density at radius 2 is 1.80 bits per heavy atom. The van der Waals surface area contributed by atoms with Crippen molar-refractivity contribution in [2.24, 2.45) is 0 Å². The van der Waals surface area contributed by atoms with Gasteiger partial charge in [0.1, 0.15) is 17.1 Å². The minimum atomic E-state index is -0.651. The predicted molar refractivity (Wildman–Crippen MR) is 112 cm³/mol. The molecule has 0 aliphatic rings. The average molecular weight is 409 g/mol. The maximum Gasteiger partial charge on any atom is 0.268 e. The van der Waals surface area contributed by atoms with E-state index in [9.17, 15) is 18.8 Å². The minimum absolute atomic E-state index is 0.0613. The third-order valence-corrected chi connectivity index (χ3v) is 4.41. The van der Waals surface area contributed by atoms with E-state index in [1.165, 1.54) is 30.7 Å². The molecule has 1 heterocycles. The van der Waals surface area contributed by atoms with Gasteiger partial charge < -0.3 is 15.4 Å². The summed E-state index contributed by atoms with van der Waals surface area (Å²) in [6.45, 7) is 2.90. The van der Waals surface area contributed by atoms with Gasteiger partial charge in [0.2, 0.25) is 5.91 Å². The molecule has 0 spiro atoms. The molecule has 0 bridgehead atoms. The van der Waals surface area contributed by atoms with Gasteiger partial charge in [-0.2, -0.15) is 0 Å². The van der Waals surface area contributed by atoms with E-state index in [0.717, 1.165) is 6.07 Å². The first-order valence-corrected chi connectivity index (χ1v) is 9.06. The molecule has 0 saturated carbocycles. The van der Waals surface area contributed by atoms with Crippen LogP contribution in [-0.4, -0.2) is 23.5 Å². The van der Waals surface area contributed by atoms with Crippen LogP contribution in [0.5, 0.6) is 5.75 Å². The highest BCUT2D eigenvalue weighted by molar-refractivity contribution is 6.05. The Morgan fingerprint density at radius 1 is 1.07 bits per heavy atom. The third-order valence-electron chi connectivity index (χ3n) is 4.41. The number of rotatable bonds is 5. The number of para-hydroxylation sites is 2. The number of carbonyl (C=O) groups is 2. The molecule has 30 heavy (non-hydrogen) atoms. The lowest BCUT2D eigenvalue weighted by Crippen LogP contribution is -2.29. The summed E-state index contributed by atoms with van der Waals surface area (Å²) in [4.78, 5) is 37.2. The smallest absolute Gasteiger partial charge is 0.268 e. The third kappa shape index (κ3) is 4.22. The molecule has 0 unspecified atom stereocenters. The van der Waals surface area contributed by atoms with Crippen molar-refractivity contribution in [1.82, 2.24) is 4.57 Å². The lowest BCUT2D eigenvalue weighted by molar-refractivity contribution is -0.114. The zero-order valence-electron chi connectivity index (χ0n) is 16.7. The number of nitrogens with one attached hydrogen (secondary N) is 2. The number of nitrogens with zero attached hydrogens (tertiary/aromatic N) is 1. The number of anilines is 2. The van der Waals surface area contributed by atoms with Crippen LogP contribution in [0.25, 0.3) is 5.69 Å². The number of halogens is 1. The van der Waals surface area contributed by atoms with Crippen LogP contribution in [0.4, 0.5) is 15.8 Å². The Bertz CT molecular complexity index is 1190. The van der Waals surface area contributed by atoms with Crippen molar-refractivity contribution < 1.29 is 18.7 Å². The van der Waals surface area contributed by atoms with Crippen LogP contribution in [0.2, 0.25) is 0 Å². The second-order valence-corrected chi connectivity index (χ2v) is 6.55. The van der Waals surface area contributed by atoms with Crippen molar-refractivity contribution >= 4 is 23.2 Å². The summed E-state index contributed by atoms with van der Waals surface area (Å²) in [7, 11) is 1.49. The number of hydrogen-bond acceptors (Lipinski definition) is 4. The van der Waals surface area contributed by atoms with E-state index in [-0.39, 0.29) is 16.9 Å². The minimum Gasteiger partial charge on any atom is -0.495 e. The van der Waals surface area contributed by atoms with E-state index < -0.39 is 23.2 Å². The Morgan fingerprint density at radius 3 is 2.50 bits per heavy atom. The maximum absolute atomic E-state index is 13.8. The lowest BCUT2D eigenvalue weighted by atomic mass is 10.1. The number of amides is 2. The monoisotopic (exact) mass is 409 g/mol. The molecule has 3 rings (SSSR count). The van der Waals surface area contributed by atoms with E-state index in [1.807, 2.05) is 0 Å². The first-order chi connectivity index (χ1) is 14.3. The zero-order valence-corrected chi connectivity index (χ0v) is 16.7. The van der Waals surface area contributed by atoms with Gasteiger partial charge in [0.05, 0.1) is 18.5 Å². The van der Waals surface area contributed by atoms with Crippen LogP contribution >= 0.6 is 0 Å². The van der Waals surface area contributed by atoms with Gasteiger partial charge in [-0.25, -0.2) is 4.39 Å². The van der Waals surface area contributed by atoms with Crippen LogP contribution in [-0.2, 0) is 4.79 Å². The molecule has 3 aromatic rings. The number of benzene rings is 2. The molecule has 2 amide bonds. The summed E-state index contributed by atoms with van der Waals surface area (Å²) in [5, 5.41) is 4.93. The average Bonchev–Trinajstić information content (AvgIpc) is 2.70. The number of ether oxygens (including phenoxy) is 1. The molecule has 1 aromatic heterocycles. The predicted octanol–water partition coefficient (Wildman–Crippen LogP) is 3.50. The largest absolute Gasteiger partial charge is 0.495 e. The second kappa shape index (κ2) is 8.60. The van der Waals surface area contributed by atoms with Crippen molar-refractivity contribution in [1.29, 1.82) is 0 Å². The Labute approximate surface area is 172 Å². The molecule has 2 aromatic carbocycles. The highest BCUT2D eigenvalue weighted by atomic mass is 19.1. The van der Waals surface area contributed by atoms with Crippen LogP contribution in [0, 0.1) is 12.7 Å². The second-order valence-electron chi connectivity index (χ2n) is 6.55. The van der Waals surface area contributed by atoms with Gasteiger partial charge in [0.15, 0.2) is 0 Å². The molecule has 8 heteroatoms. The van der Waals surface area contributed by atoms with Crippen LogP contribution < -0.4 is 20.9 Å². The fourth-order valence-electron chi connectivity index (χ4n) is 3.00. The molecule has 0 atom stereocenters. The topological polar surface area (TPSA) is 89.4 Å². The quantitative estimate of drug-likeness (QED) is 0.675. The molecule has 0 fully saturated rings. The Hall–Kier alpha value is -3.94. The summed E-state index contributed by atoms with van der Waals surface area (Å²) < 4.78 is 20.5. The standard InChI is InChI=1S/C22H20FN3O4/c1-13-10-11-26(18-6-4-5-7-19(18)30-3)22(29)20(13)21(28)25-15-8-9-16(23)17(12-15)24-14(2)27/h4-12H,1-3H3,(H,24,27)(H,25,28). The van der Waals surface area contributed by atoms with Crippen molar-refractivity contribution in [2.45, 2.75) is 13.8 Å². The zero-order chi connectivity index (χ0) is 21.8. The summed E-state index contributed by atoms with van der Waals surface area (Å²) in [5.74, 6) is -1.26. The highest BCUT2D eigenvalue weighted by Gasteiger charge is 2.18. The van der Waals surface area contributed by atoms with Crippen molar-refractivity contribution in [3.05, 3.63) is 82.0 Å². The summed E-state index contributed by atoms with van der Waals surface area (Å²) in [6.07, 6.45) is 1.57. The van der Waals surface area contributed by atoms with E-state index in [1.54, 1.807) is 43.5 Å². The molecule has 154 valence electrons. The summed E-state index contributed by atoms with van der Waals surface area (Å²) >= 11 is 0. The van der Waals surface area contributed by atoms with Crippen LogP contribution in [0.3, 0.4) is 0 Å². The molecular weight excluding hydrogens is 389 g/mol. The van der Waals surface area contributed by atoms with Crippen molar-refractivity contribution in [2.75, 3.05) is 17.7 Å². The van der Waals surface area contributed by atoms with Crippen molar-refractivity contribution in [3.63, 3.8) is 0 Å². The summed E-state index contributed by atoms with van der Waals surface area (Å²) in [6, 6.07) is 12.3. The number of aromatic nitrogens is 1. The van der Waals surface area contributed by atoms with Gasteiger partial charge in [-0.1, -0.05) is 12.1 Å². The van der Waals surface area contributed by atoms with E-state index in [4.69, 9.17) is 4.74 Å². The summed E-state index contributed by atoms with van der Waals surface area (Å²) in [5.41, 5.74) is 0.546. The molecule has 7 nitrogen and oxygen atoms in total. The number of carbonyl (C=O) groups excluding carboxylic acids is 2. The molecule has 0 aliphatic heterocycles. The first kappa shape index (κ1) is 20.8. The SMILES string of the molecule is COc1ccccc1-n1ccc(C)c(C(=O)Nc2ccc(F)c(NC(C)=O)c2)c1=O. The lowest BCUT2D eigenvalue weighted by Gasteiger charge is -2.14. The van der Waals surface area contributed by atoms with E-state index in [2.05, 4.69) is 10.6 Å². The molecule has 0 saturated heterocycles. The molecule has 0 radical (unpaired) electrons. The van der Waals surface area contributed by atoms with Gasteiger partial charge in [0.25, 0.3) is 11.5 Å². The Balaban J connectivity index is 1.99. The number of aryl methyl sites for hydroxylation is 1. The first-order valence-electron chi connectivity index (χ1n) is 9.06. The fraction of sp³-hybridized carbons (Fsp3) is 0.136. The number of pyridine rings is 1. The number of hydrogen-bond donors (Lipinski definition) is 2.